The van der Waals surface area contributed by atoms with Crippen molar-refractivity contribution in [1.82, 2.24) is 4.90 Å². The highest BCUT2D eigenvalue weighted by Crippen LogP contribution is 2.14. The van der Waals surface area contributed by atoms with E-state index in [4.69, 9.17) is 4.74 Å². The summed E-state index contributed by atoms with van der Waals surface area (Å²) < 4.78 is 18.2. The number of anilines is 1. The minimum atomic E-state index is -0.373. The molecule has 1 amide bonds. The van der Waals surface area contributed by atoms with Gasteiger partial charge in [0.15, 0.2) is 0 Å². The fourth-order valence-corrected chi connectivity index (χ4v) is 2.15. The molecule has 0 spiro atoms. The first kappa shape index (κ1) is 16.0. The van der Waals surface area contributed by atoms with Crippen molar-refractivity contribution in [2.45, 2.75) is 6.54 Å². The van der Waals surface area contributed by atoms with Gasteiger partial charge in [0, 0.05) is 12.2 Å². The van der Waals surface area contributed by atoms with Gasteiger partial charge >= 0.3 is 0 Å². The number of likely N-dealkylation sites (N-methyl/N-ethyl adjacent to an activating group) is 1. The quantitative estimate of drug-likeness (QED) is 0.892. The van der Waals surface area contributed by atoms with Gasteiger partial charge < -0.3 is 10.1 Å². The summed E-state index contributed by atoms with van der Waals surface area (Å²) in [5, 5.41) is 2.68. The number of nitrogens with zero attached hydrogens (tertiary/aromatic N) is 1. The van der Waals surface area contributed by atoms with Crippen LogP contribution in [0.15, 0.2) is 48.5 Å². The van der Waals surface area contributed by atoms with Crippen LogP contribution in [0.3, 0.4) is 0 Å². The monoisotopic (exact) mass is 302 g/mol. The molecule has 1 N–H and O–H groups in total. The SMILES string of the molecule is COc1cccc(CN(C)CC(=O)Nc2cccc(F)c2)c1. The normalized spacial score (nSPS) is 10.5. The number of halogens is 1. The minimum absolute atomic E-state index is 0.184. The number of hydrogen-bond donors (Lipinski definition) is 1. The topological polar surface area (TPSA) is 41.6 Å². The number of carbonyl (C=O) groups excluding carboxylic acids is 1. The van der Waals surface area contributed by atoms with Crippen molar-refractivity contribution in [3.05, 3.63) is 59.9 Å². The maximum absolute atomic E-state index is 13.1. The average Bonchev–Trinajstić information content (AvgIpc) is 2.47. The Kier molecular flexibility index (Phi) is 5.49. The Morgan fingerprint density at radius 1 is 1.23 bits per heavy atom. The predicted molar refractivity (Wildman–Crippen MR) is 84.4 cm³/mol. The molecule has 4 nitrogen and oxygen atoms in total. The van der Waals surface area contributed by atoms with E-state index in [9.17, 15) is 9.18 Å². The third-order valence-electron chi connectivity index (χ3n) is 3.11. The number of hydrogen-bond acceptors (Lipinski definition) is 3. The van der Waals surface area contributed by atoms with Crippen LogP contribution in [-0.4, -0.2) is 31.5 Å². The zero-order valence-electron chi connectivity index (χ0n) is 12.7. The van der Waals surface area contributed by atoms with E-state index in [0.29, 0.717) is 12.2 Å². The molecule has 0 bridgehead atoms. The average molecular weight is 302 g/mol. The Morgan fingerprint density at radius 2 is 2.00 bits per heavy atom. The van der Waals surface area contributed by atoms with Gasteiger partial charge in [0.25, 0.3) is 0 Å². The number of methoxy groups -OCH3 is 1. The molecule has 0 radical (unpaired) electrons. The Balaban J connectivity index is 1.88. The van der Waals surface area contributed by atoms with Crippen molar-refractivity contribution in [2.24, 2.45) is 0 Å². The smallest absolute Gasteiger partial charge is 0.238 e. The standard InChI is InChI=1S/C17H19FN2O2/c1-20(11-13-5-3-8-16(9-13)22-2)12-17(21)19-15-7-4-6-14(18)10-15/h3-10H,11-12H2,1-2H3,(H,19,21). The summed E-state index contributed by atoms with van der Waals surface area (Å²) in [7, 11) is 3.47. The summed E-state index contributed by atoms with van der Waals surface area (Å²) in [6.07, 6.45) is 0. The lowest BCUT2D eigenvalue weighted by atomic mass is 10.2. The number of amides is 1. The second kappa shape index (κ2) is 7.56. The fourth-order valence-electron chi connectivity index (χ4n) is 2.15. The molecule has 0 aliphatic heterocycles. The summed E-state index contributed by atoms with van der Waals surface area (Å²) in [6, 6.07) is 13.5. The van der Waals surface area contributed by atoms with Crippen LogP contribution in [0, 0.1) is 5.82 Å². The number of nitrogens with one attached hydrogen (secondary N) is 1. The Bertz CT molecular complexity index is 646. The highest BCUT2D eigenvalue weighted by atomic mass is 19.1. The first-order chi connectivity index (χ1) is 10.6. The van der Waals surface area contributed by atoms with Crippen LogP contribution < -0.4 is 10.1 Å². The third kappa shape index (κ3) is 4.86. The summed E-state index contributed by atoms with van der Waals surface area (Å²) in [4.78, 5) is 13.8. The molecule has 2 rings (SSSR count). The lowest BCUT2D eigenvalue weighted by molar-refractivity contribution is -0.117. The van der Waals surface area contributed by atoms with E-state index in [2.05, 4.69) is 5.32 Å². The maximum atomic E-state index is 13.1. The van der Waals surface area contributed by atoms with E-state index in [1.807, 2.05) is 36.2 Å². The van der Waals surface area contributed by atoms with Gasteiger partial charge in [-0.25, -0.2) is 4.39 Å². The second-order valence-electron chi connectivity index (χ2n) is 5.08. The first-order valence-electron chi connectivity index (χ1n) is 6.93. The van der Waals surface area contributed by atoms with E-state index < -0.39 is 0 Å². The molecule has 0 fully saturated rings. The molecule has 0 aliphatic rings. The number of carbonyl (C=O) groups is 1. The molecule has 2 aromatic rings. The van der Waals surface area contributed by atoms with Crippen LogP contribution in [0.5, 0.6) is 5.75 Å². The van der Waals surface area contributed by atoms with Crippen LogP contribution in [0.4, 0.5) is 10.1 Å². The van der Waals surface area contributed by atoms with Crippen LogP contribution in [-0.2, 0) is 11.3 Å². The summed E-state index contributed by atoms with van der Waals surface area (Å²) in [5.74, 6) is 0.230. The van der Waals surface area contributed by atoms with Gasteiger partial charge in [0.2, 0.25) is 5.91 Å². The fraction of sp³-hybridized carbons (Fsp3) is 0.235. The summed E-state index contributed by atoms with van der Waals surface area (Å²) >= 11 is 0. The lowest BCUT2D eigenvalue weighted by Crippen LogP contribution is -2.29. The zero-order chi connectivity index (χ0) is 15.9. The number of benzene rings is 2. The van der Waals surface area contributed by atoms with Gasteiger partial charge in [-0.15, -0.1) is 0 Å². The highest BCUT2D eigenvalue weighted by Gasteiger charge is 2.08. The summed E-state index contributed by atoms with van der Waals surface area (Å²) in [5.41, 5.74) is 1.51. The van der Waals surface area contributed by atoms with Crippen LogP contribution in [0.1, 0.15) is 5.56 Å². The summed E-state index contributed by atoms with van der Waals surface area (Å²) in [6.45, 7) is 0.835. The number of rotatable bonds is 6. The highest BCUT2D eigenvalue weighted by molar-refractivity contribution is 5.92. The van der Waals surface area contributed by atoms with Gasteiger partial charge in [-0.2, -0.15) is 0 Å². The molecular weight excluding hydrogens is 283 g/mol. The minimum Gasteiger partial charge on any atom is -0.497 e. The van der Waals surface area contributed by atoms with Gasteiger partial charge in [-0.3, -0.25) is 9.69 Å². The zero-order valence-corrected chi connectivity index (χ0v) is 12.7. The van der Waals surface area contributed by atoms with Gasteiger partial charge in [0.1, 0.15) is 11.6 Å². The molecule has 0 aromatic heterocycles. The number of ether oxygens (including phenoxy) is 1. The molecule has 0 heterocycles. The first-order valence-corrected chi connectivity index (χ1v) is 6.93. The van der Waals surface area contributed by atoms with Gasteiger partial charge in [-0.1, -0.05) is 18.2 Å². The second-order valence-corrected chi connectivity index (χ2v) is 5.08. The van der Waals surface area contributed by atoms with Crippen molar-refractivity contribution >= 4 is 11.6 Å². The van der Waals surface area contributed by atoms with Crippen molar-refractivity contribution in [3.63, 3.8) is 0 Å². The van der Waals surface area contributed by atoms with Gasteiger partial charge in [0.05, 0.1) is 13.7 Å². The Hall–Kier alpha value is -2.40. The molecule has 0 aliphatic carbocycles. The Morgan fingerprint density at radius 3 is 2.73 bits per heavy atom. The van der Waals surface area contributed by atoms with E-state index in [0.717, 1.165) is 11.3 Å². The molecule has 5 heteroatoms. The predicted octanol–water partition coefficient (Wildman–Crippen LogP) is 2.90. The lowest BCUT2D eigenvalue weighted by Gasteiger charge is -2.16. The molecule has 116 valence electrons. The van der Waals surface area contributed by atoms with Crippen LogP contribution in [0.25, 0.3) is 0 Å². The van der Waals surface area contributed by atoms with Crippen molar-refractivity contribution in [3.8, 4) is 5.75 Å². The maximum Gasteiger partial charge on any atom is 0.238 e. The van der Waals surface area contributed by atoms with E-state index >= 15 is 0 Å². The third-order valence-corrected chi connectivity index (χ3v) is 3.11. The van der Waals surface area contributed by atoms with Crippen LogP contribution in [0.2, 0.25) is 0 Å². The van der Waals surface area contributed by atoms with Crippen molar-refractivity contribution in [2.75, 3.05) is 26.0 Å². The molecule has 22 heavy (non-hydrogen) atoms. The molecule has 0 saturated carbocycles. The van der Waals surface area contributed by atoms with Crippen molar-refractivity contribution in [1.29, 1.82) is 0 Å². The van der Waals surface area contributed by atoms with Gasteiger partial charge in [-0.05, 0) is 42.9 Å². The molecule has 0 atom stereocenters. The molecule has 0 unspecified atom stereocenters. The van der Waals surface area contributed by atoms with Crippen LogP contribution >= 0.6 is 0 Å². The van der Waals surface area contributed by atoms with Crippen molar-refractivity contribution < 1.29 is 13.9 Å². The van der Waals surface area contributed by atoms with E-state index in [-0.39, 0.29) is 18.3 Å². The van der Waals surface area contributed by atoms with E-state index in [1.165, 1.54) is 12.1 Å². The molecular formula is C17H19FN2O2. The van der Waals surface area contributed by atoms with E-state index in [1.54, 1.807) is 19.2 Å². The largest absolute Gasteiger partial charge is 0.497 e. The molecule has 0 saturated heterocycles. The Labute approximate surface area is 129 Å². The molecule has 2 aromatic carbocycles.